The second kappa shape index (κ2) is 6.85. The van der Waals surface area contributed by atoms with Crippen molar-refractivity contribution in [3.8, 4) is 0 Å². The zero-order valence-corrected chi connectivity index (χ0v) is 13.1. The van der Waals surface area contributed by atoms with Crippen molar-refractivity contribution in [3.63, 3.8) is 0 Å². The fourth-order valence-corrected chi connectivity index (χ4v) is 2.69. The minimum absolute atomic E-state index is 0.106. The number of benzene rings is 1. The van der Waals surface area contributed by atoms with Crippen molar-refractivity contribution in [1.82, 2.24) is 5.32 Å². The van der Waals surface area contributed by atoms with Gasteiger partial charge in [0.25, 0.3) is 0 Å². The van der Waals surface area contributed by atoms with Gasteiger partial charge in [0.1, 0.15) is 0 Å². The molecule has 1 unspecified atom stereocenters. The maximum absolute atomic E-state index is 12.2. The number of urea groups is 1. The zero-order chi connectivity index (χ0) is 15.4. The molecule has 0 spiro atoms. The van der Waals surface area contributed by atoms with Crippen LogP contribution in [0.3, 0.4) is 0 Å². The van der Waals surface area contributed by atoms with Gasteiger partial charge >= 0.3 is 12.0 Å². The maximum atomic E-state index is 12.2. The van der Waals surface area contributed by atoms with Crippen molar-refractivity contribution in [2.75, 3.05) is 24.2 Å². The van der Waals surface area contributed by atoms with Crippen molar-refractivity contribution in [2.24, 2.45) is 0 Å². The van der Waals surface area contributed by atoms with Crippen molar-refractivity contribution in [3.05, 3.63) is 29.3 Å². The number of carbonyl (C=O) groups is 2. The Morgan fingerprint density at radius 2 is 2.24 bits per heavy atom. The number of hydrogen-bond acceptors (Lipinski definition) is 3. The predicted octanol–water partition coefficient (Wildman–Crippen LogP) is 2.60. The Labute approximate surface area is 128 Å². The van der Waals surface area contributed by atoms with Crippen LogP contribution in [0.5, 0.6) is 0 Å². The summed E-state index contributed by atoms with van der Waals surface area (Å²) in [5.41, 5.74) is 2.00. The molecule has 0 saturated heterocycles. The minimum atomic E-state index is -0.938. The third-order valence-corrected chi connectivity index (χ3v) is 4.74. The Morgan fingerprint density at radius 3 is 2.90 bits per heavy atom. The highest BCUT2D eigenvalue weighted by Gasteiger charge is 2.25. The van der Waals surface area contributed by atoms with E-state index in [1.165, 1.54) is 0 Å². The van der Waals surface area contributed by atoms with Gasteiger partial charge in [0, 0.05) is 24.0 Å². The Bertz CT molecular complexity index is 548. The number of fused-ring (bicyclic) bond motifs is 1. The lowest BCUT2D eigenvalue weighted by molar-refractivity contribution is 0.0697. The number of amides is 2. The number of carboxylic acids is 1. The second-order valence-corrected chi connectivity index (χ2v) is 6.39. The van der Waals surface area contributed by atoms with Crippen LogP contribution in [0.4, 0.5) is 10.5 Å². The average Bonchev–Trinajstić information content (AvgIpc) is 2.89. The molecule has 1 atom stereocenters. The van der Waals surface area contributed by atoms with Gasteiger partial charge in [0.2, 0.25) is 0 Å². The van der Waals surface area contributed by atoms with Crippen LogP contribution in [-0.2, 0) is 6.42 Å². The molecule has 2 amide bonds. The monoisotopic (exact) mass is 308 g/mol. The number of aromatic carboxylic acids is 1. The number of carboxylic acid groups (broad SMARTS) is 1. The molecule has 5 nitrogen and oxygen atoms in total. The Balaban J connectivity index is 1.98. The van der Waals surface area contributed by atoms with E-state index in [0.29, 0.717) is 24.8 Å². The van der Waals surface area contributed by atoms with E-state index in [1.54, 1.807) is 34.9 Å². The molecule has 1 aliphatic heterocycles. The van der Waals surface area contributed by atoms with Gasteiger partial charge in [-0.05, 0) is 42.9 Å². The molecule has 0 radical (unpaired) electrons. The molecule has 6 heteroatoms. The van der Waals surface area contributed by atoms with Gasteiger partial charge in [-0.3, -0.25) is 4.90 Å². The maximum Gasteiger partial charge on any atom is 0.335 e. The summed E-state index contributed by atoms with van der Waals surface area (Å²) < 4.78 is 0. The molecular weight excluding hydrogens is 288 g/mol. The van der Waals surface area contributed by atoms with Crippen molar-refractivity contribution in [2.45, 2.75) is 25.0 Å². The van der Waals surface area contributed by atoms with Gasteiger partial charge in [-0.2, -0.15) is 11.8 Å². The van der Waals surface area contributed by atoms with Gasteiger partial charge < -0.3 is 10.4 Å². The van der Waals surface area contributed by atoms with Crippen LogP contribution < -0.4 is 10.2 Å². The Hall–Kier alpha value is -1.69. The SMILES string of the molecule is CSC(C)CCNC(=O)N1CCc2cc(C(=O)O)ccc21. The van der Waals surface area contributed by atoms with E-state index in [-0.39, 0.29) is 11.6 Å². The van der Waals surface area contributed by atoms with E-state index in [9.17, 15) is 9.59 Å². The summed E-state index contributed by atoms with van der Waals surface area (Å²) in [6, 6.07) is 4.81. The summed E-state index contributed by atoms with van der Waals surface area (Å²) >= 11 is 1.78. The molecule has 114 valence electrons. The van der Waals surface area contributed by atoms with Crippen LogP contribution in [0.25, 0.3) is 0 Å². The number of thioether (sulfide) groups is 1. The minimum Gasteiger partial charge on any atom is -0.478 e. The normalized spacial score (nSPS) is 14.7. The summed E-state index contributed by atoms with van der Waals surface area (Å²) in [7, 11) is 0. The first-order chi connectivity index (χ1) is 10.0. The largest absolute Gasteiger partial charge is 0.478 e. The van der Waals surface area contributed by atoms with Crippen LogP contribution in [0.15, 0.2) is 18.2 Å². The standard InChI is InChI=1S/C15H20N2O3S/c1-10(21-2)5-7-16-15(20)17-8-6-11-9-12(14(18)19)3-4-13(11)17/h3-4,9-10H,5-8H2,1-2H3,(H,16,20)(H,18,19). The van der Waals surface area contributed by atoms with Crippen LogP contribution >= 0.6 is 11.8 Å². The fourth-order valence-electron chi connectivity index (χ4n) is 2.34. The van der Waals surface area contributed by atoms with Crippen molar-refractivity contribution >= 4 is 29.4 Å². The molecule has 2 rings (SSSR count). The molecule has 0 aliphatic carbocycles. The first-order valence-corrected chi connectivity index (χ1v) is 8.26. The smallest absolute Gasteiger partial charge is 0.335 e. The summed E-state index contributed by atoms with van der Waals surface area (Å²) in [5, 5.41) is 12.4. The Morgan fingerprint density at radius 1 is 1.48 bits per heavy atom. The van der Waals surface area contributed by atoms with Crippen LogP contribution in [0.2, 0.25) is 0 Å². The number of anilines is 1. The van der Waals surface area contributed by atoms with Gasteiger partial charge in [-0.25, -0.2) is 9.59 Å². The molecule has 1 aliphatic rings. The molecule has 0 saturated carbocycles. The van der Waals surface area contributed by atoms with Gasteiger partial charge in [0.15, 0.2) is 0 Å². The summed E-state index contributed by atoms with van der Waals surface area (Å²) in [4.78, 5) is 24.8. The van der Waals surface area contributed by atoms with Crippen molar-refractivity contribution < 1.29 is 14.7 Å². The highest BCUT2D eigenvalue weighted by atomic mass is 32.2. The van der Waals surface area contributed by atoms with Gasteiger partial charge in [-0.15, -0.1) is 0 Å². The van der Waals surface area contributed by atoms with Crippen LogP contribution in [0.1, 0.15) is 29.3 Å². The molecule has 0 fully saturated rings. The molecule has 21 heavy (non-hydrogen) atoms. The molecule has 1 aromatic carbocycles. The quantitative estimate of drug-likeness (QED) is 0.877. The topological polar surface area (TPSA) is 69.6 Å². The molecule has 1 heterocycles. The molecule has 0 bridgehead atoms. The number of carbonyl (C=O) groups excluding carboxylic acids is 1. The number of rotatable bonds is 5. The van der Waals surface area contributed by atoms with E-state index in [4.69, 9.17) is 5.11 Å². The highest BCUT2D eigenvalue weighted by molar-refractivity contribution is 7.99. The predicted molar refractivity (Wildman–Crippen MR) is 85.4 cm³/mol. The number of nitrogens with one attached hydrogen (secondary N) is 1. The second-order valence-electron chi connectivity index (χ2n) is 5.12. The van der Waals surface area contributed by atoms with E-state index in [0.717, 1.165) is 17.7 Å². The van der Waals surface area contributed by atoms with Crippen molar-refractivity contribution in [1.29, 1.82) is 0 Å². The van der Waals surface area contributed by atoms with Gasteiger partial charge in [0.05, 0.1) is 5.56 Å². The number of hydrogen-bond donors (Lipinski definition) is 2. The first kappa shape index (κ1) is 15.7. The fraction of sp³-hybridized carbons (Fsp3) is 0.467. The highest BCUT2D eigenvalue weighted by Crippen LogP contribution is 2.28. The van der Waals surface area contributed by atoms with E-state index < -0.39 is 5.97 Å². The Kier molecular flexibility index (Phi) is 5.12. The lowest BCUT2D eigenvalue weighted by atomic mass is 10.1. The molecule has 1 aromatic rings. The first-order valence-electron chi connectivity index (χ1n) is 6.97. The molecule has 2 N–H and O–H groups in total. The van der Waals surface area contributed by atoms with E-state index in [1.807, 2.05) is 0 Å². The van der Waals surface area contributed by atoms with Crippen LogP contribution in [-0.4, -0.2) is 41.7 Å². The third kappa shape index (κ3) is 3.69. The van der Waals surface area contributed by atoms with Crippen LogP contribution in [0, 0.1) is 0 Å². The lowest BCUT2D eigenvalue weighted by Gasteiger charge is -2.19. The average molecular weight is 308 g/mol. The zero-order valence-electron chi connectivity index (χ0n) is 12.3. The number of nitrogens with zero attached hydrogens (tertiary/aromatic N) is 1. The molecule has 0 aromatic heterocycles. The lowest BCUT2D eigenvalue weighted by Crippen LogP contribution is -2.39. The summed E-state index contributed by atoms with van der Waals surface area (Å²) in [6.45, 7) is 3.39. The molecular formula is C15H20N2O3S. The van der Waals surface area contributed by atoms with E-state index in [2.05, 4.69) is 18.5 Å². The van der Waals surface area contributed by atoms with E-state index >= 15 is 0 Å². The third-order valence-electron chi connectivity index (χ3n) is 3.70. The summed E-state index contributed by atoms with van der Waals surface area (Å²) in [5.74, 6) is -0.938. The summed E-state index contributed by atoms with van der Waals surface area (Å²) in [6.07, 6.45) is 3.69. The van der Waals surface area contributed by atoms with Gasteiger partial charge in [-0.1, -0.05) is 6.92 Å².